The molecule has 0 spiro atoms. The normalized spacial score (nSPS) is 15.3. The minimum absolute atomic E-state index is 0.148. The molecule has 0 radical (unpaired) electrons. The lowest BCUT2D eigenvalue weighted by Crippen LogP contribution is -2.07. The van der Waals surface area contributed by atoms with Crippen LogP contribution in [0.5, 0.6) is 11.5 Å². The summed E-state index contributed by atoms with van der Waals surface area (Å²) in [6.07, 6.45) is 1.36. The van der Waals surface area contributed by atoms with Crippen molar-refractivity contribution in [2.75, 3.05) is 23.5 Å². The molecule has 2 bridgehead atoms. The molecule has 2 aliphatic rings. The maximum atomic E-state index is 12.9. The molecule has 3 rings (SSSR count). The molecule has 0 aliphatic carbocycles. The SMILES string of the molecule is O=P(O)(O)OP1(=O)Oc2c(CCCl)c(CCCl)c(c(CCCl)c2CCCl)O1. The van der Waals surface area contributed by atoms with Crippen LogP contribution in [0, 0.1) is 0 Å². The van der Waals surface area contributed by atoms with Crippen molar-refractivity contribution in [3.63, 3.8) is 0 Å². The van der Waals surface area contributed by atoms with Crippen LogP contribution in [0.1, 0.15) is 22.3 Å². The highest BCUT2D eigenvalue weighted by Gasteiger charge is 2.45. The van der Waals surface area contributed by atoms with Crippen molar-refractivity contribution in [2.24, 2.45) is 0 Å². The molecule has 0 saturated heterocycles. The number of phosphoric ester groups is 1. The Bertz CT molecular complexity index is 697. The molecule has 13 heteroatoms. The van der Waals surface area contributed by atoms with Crippen molar-refractivity contribution >= 4 is 62.0 Å². The summed E-state index contributed by atoms with van der Waals surface area (Å²) in [4.78, 5) is 18.2. The molecule has 2 N–H and O–H groups in total. The zero-order chi connectivity index (χ0) is 20.2. The van der Waals surface area contributed by atoms with Gasteiger partial charge in [0.15, 0.2) is 0 Å². The van der Waals surface area contributed by atoms with E-state index in [0.29, 0.717) is 47.9 Å². The van der Waals surface area contributed by atoms with Gasteiger partial charge in [-0.1, -0.05) is 0 Å². The summed E-state index contributed by atoms with van der Waals surface area (Å²) >= 11 is 23.7. The Morgan fingerprint density at radius 1 is 0.778 bits per heavy atom. The molecule has 0 atom stereocenters. The molecule has 0 fully saturated rings. The molecular formula is C14H18Cl4O7P2. The fourth-order valence-electron chi connectivity index (χ4n) is 2.97. The zero-order valence-electron chi connectivity index (χ0n) is 14.0. The van der Waals surface area contributed by atoms with Crippen molar-refractivity contribution < 1.29 is 32.3 Å². The number of fused-ring (bicyclic) bond motifs is 4. The molecule has 27 heavy (non-hydrogen) atoms. The summed E-state index contributed by atoms with van der Waals surface area (Å²) in [5.41, 5.74) is 2.41. The third-order valence-corrected chi connectivity index (χ3v) is 7.03. The molecule has 154 valence electrons. The first-order valence-electron chi connectivity index (χ1n) is 7.89. The second-order valence-electron chi connectivity index (χ2n) is 5.53. The summed E-state index contributed by atoms with van der Waals surface area (Å²) in [6, 6.07) is 0. The molecule has 7 nitrogen and oxygen atoms in total. The van der Waals surface area contributed by atoms with Gasteiger partial charge in [0.1, 0.15) is 11.5 Å². The number of hydrogen-bond acceptors (Lipinski definition) is 5. The second-order valence-corrected chi connectivity index (χ2v) is 9.94. The van der Waals surface area contributed by atoms with Crippen LogP contribution >= 0.6 is 62.0 Å². The fourth-order valence-corrected chi connectivity index (χ4v) is 5.96. The van der Waals surface area contributed by atoms with Crippen molar-refractivity contribution in [1.29, 1.82) is 0 Å². The minimum atomic E-state index is -5.17. The lowest BCUT2D eigenvalue weighted by molar-refractivity contribution is 0.235. The van der Waals surface area contributed by atoms with E-state index in [0.717, 1.165) is 0 Å². The number of alkyl halides is 4. The molecule has 2 heterocycles. The predicted octanol–water partition coefficient (Wildman–Crippen LogP) is 4.80. The van der Waals surface area contributed by atoms with Crippen LogP contribution in [0.15, 0.2) is 0 Å². The van der Waals surface area contributed by atoms with E-state index in [9.17, 15) is 9.13 Å². The summed E-state index contributed by atoms with van der Waals surface area (Å²) in [6.45, 7) is 0. The molecule has 0 aromatic heterocycles. The van der Waals surface area contributed by atoms with Gasteiger partial charge >= 0.3 is 15.6 Å². The van der Waals surface area contributed by atoms with Gasteiger partial charge in [0, 0.05) is 45.8 Å². The molecule has 2 aliphatic heterocycles. The fraction of sp³-hybridized carbons (Fsp3) is 0.571. The standard InChI is InChI=1S/C14H18Cl4O7P2/c15-5-1-9-10(2-6-16)14-12(4-8-18)11(3-7-17)13(9)23-27(22,24-14)25-26(19,20)21/h1-8H2,(H2,19,20,21). The monoisotopic (exact) mass is 500 g/mol. The Morgan fingerprint density at radius 2 is 1.07 bits per heavy atom. The van der Waals surface area contributed by atoms with Crippen LogP contribution in [0.25, 0.3) is 0 Å². The Hall–Kier alpha value is 0.320. The Labute approximate surface area is 177 Å². The Morgan fingerprint density at radius 3 is 1.30 bits per heavy atom. The average Bonchev–Trinajstić information content (AvgIpc) is 2.73. The second kappa shape index (κ2) is 9.88. The van der Waals surface area contributed by atoms with E-state index in [4.69, 9.17) is 65.2 Å². The highest BCUT2D eigenvalue weighted by atomic mass is 35.5. The first-order valence-corrected chi connectivity index (χ1v) is 13.0. The van der Waals surface area contributed by atoms with Gasteiger partial charge in [0.2, 0.25) is 0 Å². The first-order chi connectivity index (χ1) is 12.7. The van der Waals surface area contributed by atoms with Gasteiger partial charge in [-0.2, -0.15) is 4.31 Å². The highest BCUT2D eigenvalue weighted by molar-refractivity contribution is 7.61. The zero-order valence-corrected chi connectivity index (χ0v) is 18.8. The largest absolute Gasteiger partial charge is 0.596 e. The van der Waals surface area contributed by atoms with E-state index < -0.39 is 15.6 Å². The number of benzene rings is 1. The molecule has 0 saturated carbocycles. The van der Waals surface area contributed by atoms with E-state index in [1.807, 2.05) is 0 Å². The van der Waals surface area contributed by atoms with E-state index in [1.54, 1.807) is 0 Å². The van der Waals surface area contributed by atoms with E-state index in [1.165, 1.54) is 0 Å². The Kier molecular flexibility index (Phi) is 8.64. The quantitative estimate of drug-likeness (QED) is 0.350. The van der Waals surface area contributed by atoms with Gasteiger partial charge in [-0.15, -0.1) is 46.4 Å². The minimum Gasteiger partial charge on any atom is -0.394 e. The smallest absolute Gasteiger partial charge is 0.394 e. The van der Waals surface area contributed by atoms with Gasteiger partial charge in [0.25, 0.3) is 0 Å². The van der Waals surface area contributed by atoms with Gasteiger partial charge in [-0.3, -0.25) is 0 Å². The van der Waals surface area contributed by atoms with Gasteiger partial charge in [-0.25, -0.2) is 9.13 Å². The lowest BCUT2D eigenvalue weighted by Gasteiger charge is -2.19. The van der Waals surface area contributed by atoms with E-state index in [-0.39, 0.29) is 35.0 Å². The van der Waals surface area contributed by atoms with Crippen molar-refractivity contribution in [1.82, 2.24) is 0 Å². The van der Waals surface area contributed by atoms with Crippen LogP contribution in [0.4, 0.5) is 0 Å². The van der Waals surface area contributed by atoms with Crippen LogP contribution in [0.2, 0.25) is 0 Å². The lowest BCUT2D eigenvalue weighted by atomic mass is 9.90. The topological polar surface area (TPSA) is 102 Å². The van der Waals surface area contributed by atoms with Crippen molar-refractivity contribution in [3.8, 4) is 11.5 Å². The molecule has 0 amide bonds. The number of phosphoric acid groups is 2. The van der Waals surface area contributed by atoms with Crippen LogP contribution in [-0.4, -0.2) is 33.3 Å². The number of rotatable bonds is 10. The number of halogens is 4. The Balaban J connectivity index is 2.77. The third kappa shape index (κ3) is 5.69. The van der Waals surface area contributed by atoms with E-state index >= 15 is 0 Å². The maximum Gasteiger partial charge on any atom is 0.596 e. The third-order valence-electron chi connectivity index (χ3n) is 3.82. The number of hydrogen-bond donors (Lipinski definition) is 2. The van der Waals surface area contributed by atoms with Crippen molar-refractivity contribution in [2.45, 2.75) is 25.7 Å². The first kappa shape index (κ1) is 23.6. The molecular weight excluding hydrogens is 484 g/mol. The van der Waals surface area contributed by atoms with E-state index in [2.05, 4.69) is 4.31 Å². The van der Waals surface area contributed by atoms with Crippen LogP contribution < -0.4 is 9.05 Å². The van der Waals surface area contributed by atoms with Crippen LogP contribution in [-0.2, 0) is 39.1 Å². The predicted molar refractivity (Wildman–Crippen MR) is 106 cm³/mol. The summed E-state index contributed by atoms with van der Waals surface area (Å²) in [7, 11) is -9.83. The average molecular weight is 502 g/mol. The summed E-state index contributed by atoms with van der Waals surface area (Å²) in [5, 5.41) is 0. The highest BCUT2D eigenvalue weighted by Crippen LogP contribution is 2.65. The van der Waals surface area contributed by atoms with Gasteiger partial charge < -0.3 is 18.8 Å². The molecule has 1 aromatic rings. The van der Waals surface area contributed by atoms with Gasteiger partial charge in [0.05, 0.1) is 0 Å². The summed E-state index contributed by atoms with van der Waals surface area (Å²) < 4.78 is 39.5. The molecule has 0 unspecified atom stereocenters. The van der Waals surface area contributed by atoms with Crippen molar-refractivity contribution in [3.05, 3.63) is 22.3 Å². The van der Waals surface area contributed by atoms with Crippen LogP contribution in [0.3, 0.4) is 0 Å². The van der Waals surface area contributed by atoms with Gasteiger partial charge in [-0.05, 0) is 25.7 Å². The molecule has 1 aromatic carbocycles. The maximum absolute atomic E-state index is 12.9. The summed E-state index contributed by atoms with van der Waals surface area (Å²) in [5.74, 6) is 1.20.